The quantitative estimate of drug-likeness (QED) is 0.0518. The van der Waals surface area contributed by atoms with Gasteiger partial charge in [-0.15, -0.1) is 34.4 Å². The smallest absolute Gasteiger partial charge is 0.429 e. The summed E-state index contributed by atoms with van der Waals surface area (Å²) in [5, 5.41) is 22.9. The summed E-state index contributed by atoms with van der Waals surface area (Å²) >= 11 is 4.60. The predicted octanol–water partition coefficient (Wildman–Crippen LogP) is 0.880. The van der Waals surface area contributed by atoms with E-state index in [1.54, 1.807) is 0 Å². The highest BCUT2D eigenvalue weighted by molar-refractivity contribution is 8.07. The molecule has 0 spiro atoms. The van der Waals surface area contributed by atoms with Crippen LogP contribution in [0.4, 0.5) is 5.13 Å². The van der Waals surface area contributed by atoms with Crippen LogP contribution in [0.5, 0.6) is 0 Å². The average molecular weight is 698 g/mol. The number of hydrogen-bond donors (Lipinski definition) is 4. The molecule has 0 radical (unpaired) electrons. The van der Waals surface area contributed by atoms with Gasteiger partial charge in [-0.1, -0.05) is 23.8 Å². The second kappa shape index (κ2) is 13.4. The van der Waals surface area contributed by atoms with Crippen molar-refractivity contribution in [3.05, 3.63) is 51.6 Å². The number of thiazole rings is 2. The van der Waals surface area contributed by atoms with Crippen LogP contribution in [0, 0.1) is 0 Å². The van der Waals surface area contributed by atoms with Gasteiger partial charge in [0.25, 0.3) is 11.8 Å². The van der Waals surface area contributed by atoms with Gasteiger partial charge in [0.2, 0.25) is 0 Å². The molecule has 2 amide bonds. The van der Waals surface area contributed by atoms with Crippen LogP contribution in [0.1, 0.15) is 19.0 Å². The number of aliphatic carboxylic acids is 1. The van der Waals surface area contributed by atoms with Crippen LogP contribution in [-0.4, -0.2) is 71.9 Å². The van der Waals surface area contributed by atoms with E-state index in [-0.39, 0.29) is 34.6 Å². The van der Waals surface area contributed by atoms with Gasteiger partial charge in [0.15, 0.2) is 27.6 Å². The second-order valence-corrected chi connectivity index (χ2v) is 14.7. The summed E-state index contributed by atoms with van der Waals surface area (Å²) in [6.45, 7) is 2.00. The van der Waals surface area contributed by atoms with Gasteiger partial charge in [0.1, 0.15) is 30.8 Å². The Hall–Kier alpha value is -3.32. The van der Waals surface area contributed by atoms with Crippen LogP contribution >= 0.6 is 53.9 Å². The zero-order valence-electron chi connectivity index (χ0n) is 22.9. The van der Waals surface area contributed by atoms with E-state index in [2.05, 4.69) is 20.4 Å². The molecule has 0 bridgehead atoms. The van der Waals surface area contributed by atoms with Gasteiger partial charge in [-0.3, -0.25) is 19.6 Å². The van der Waals surface area contributed by atoms with E-state index in [9.17, 15) is 24.1 Å². The Morgan fingerprint density at radius 1 is 1.27 bits per heavy atom. The number of aromatic nitrogens is 3. The normalized spacial score (nSPS) is 18.5. The van der Waals surface area contributed by atoms with Gasteiger partial charge < -0.3 is 29.8 Å². The number of carbonyl (C=O) groups excluding carboxylic acids is 3. The summed E-state index contributed by atoms with van der Waals surface area (Å²) in [6, 6.07) is 2.76. The van der Waals surface area contributed by atoms with E-state index in [0.29, 0.717) is 15.7 Å². The number of anilines is 1. The maximum atomic E-state index is 13.3. The Kier molecular flexibility index (Phi) is 9.74. The van der Waals surface area contributed by atoms with Crippen LogP contribution < -0.4 is 20.1 Å². The Labute approximate surface area is 266 Å². The summed E-state index contributed by atoms with van der Waals surface area (Å²) in [5.41, 5.74) is 1.01. The molecule has 2 aliphatic rings. The first-order valence-electron chi connectivity index (χ1n) is 12.7. The highest BCUT2D eigenvalue weighted by atomic mass is 32.2. The number of oxime groups is 1. The van der Waals surface area contributed by atoms with E-state index >= 15 is 0 Å². The summed E-state index contributed by atoms with van der Waals surface area (Å²) in [4.78, 5) is 72.2. The number of hydrogen-bond acceptors (Lipinski definition) is 13. The maximum absolute atomic E-state index is 13.3. The molecular weight excluding hydrogens is 674 g/mol. The Bertz CT molecular complexity index is 1700. The summed E-state index contributed by atoms with van der Waals surface area (Å²) in [5.74, 6) is -2.78. The van der Waals surface area contributed by atoms with E-state index in [4.69, 9.17) is 14.6 Å². The fourth-order valence-corrected chi connectivity index (χ4v) is 8.91. The molecule has 2 aliphatic heterocycles. The molecule has 1 saturated heterocycles. The molecule has 0 unspecified atom stereocenters. The van der Waals surface area contributed by atoms with Crippen molar-refractivity contribution in [1.29, 1.82) is 0 Å². The number of nitrogens with zero attached hydrogens (tertiary/aromatic N) is 5. The van der Waals surface area contributed by atoms with Crippen molar-refractivity contribution in [3.8, 4) is 11.3 Å². The number of β-lactam (4-membered cyclic amide) rings is 1. The van der Waals surface area contributed by atoms with E-state index in [1.165, 1.54) is 28.5 Å². The van der Waals surface area contributed by atoms with Crippen molar-refractivity contribution in [3.63, 3.8) is 0 Å². The van der Waals surface area contributed by atoms with Gasteiger partial charge in [-0.05, 0) is 6.42 Å². The number of thioether (sulfide) groups is 2. The van der Waals surface area contributed by atoms with Crippen molar-refractivity contribution in [2.75, 3.05) is 17.4 Å². The first-order valence-corrected chi connectivity index (χ1v) is 18.0. The molecule has 20 heteroatoms. The highest BCUT2D eigenvalue weighted by Crippen LogP contribution is 2.46. The second-order valence-electron chi connectivity index (χ2n) is 9.24. The number of nitrogens with one attached hydrogen (secondary N) is 2. The van der Waals surface area contributed by atoms with Crippen LogP contribution in [0.3, 0.4) is 0 Å². The fourth-order valence-electron chi connectivity index (χ4n) is 4.05. The van der Waals surface area contributed by atoms with Crippen molar-refractivity contribution in [1.82, 2.24) is 20.2 Å². The number of rotatable bonds is 12. The van der Waals surface area contributed by atoms with Crippen LogP contribution in [0.2, 0.25) is 0 Å². The molecule has 44 heavy (non-hydrogen) atoms. The third-order valence-corrected chi connectivity index (χ3v) is 10.9. The molecular formula is C24H24N7O8PS4. The van der Waals surface area contributed by atoms with Crippen molar-refractivity contribution in [2.24, 2.45) is 12.2 Å². The highest BCUT2D eigenvalue weighted by Gasteiger charge is 2.53. The monoisotopic (exact) mass is 697 g/mol. The maximum Gasteiger partial charge on any atom is 0.429 e. The number of amides is 2. The zero-order valence-corrected chi connectivity index (χ0v) is 27.1. The lowest BCUT2D eigenvalue weighted by Crippen LogP contribution is -2.71. The Morgan fingerprint density at radius 3 is 2.70 bits per heavy atom. The number of carbonyl (C=O) groups is 3. The lowest BCUT2D eigenvalue weighted by molar-refractivity contribution is -0.671. The Morgan fingerprint density at radius 2 is 2.02 bits per heavy atom. The molecule has 0 aliphatic carbocycles. The number of aryl methyl sites for hydroxylation is 1. The summed E-state index contributed by atoms with van der Waals surface area (Å²) in [7, 11) is -2.74. The third-order valence-electron chi connectivity index (χ3n) is 6.04. The number of fused-ring (bicyclic) bond motifs is 1. The first kappa shape index (κ1) is 32.1. The SMILES string of the molecule is CCCO/N=C(\C(=O)N[C@@H]1C(=O)N2C(C(=O)[O-])=C(Sc3nc(-c4cc[n+](C)cc4)cs3)CS[C@H]12)c1csc(NP(=O)(O)O)n1. The predicted molar refractivity (Wildman–Crippen MR) is 162 cm³/mol. The molecule has 0 saturated carbocycles. The molecule has 15 nitrogen and oxygen atoms in total. The van der Waals surface area contributed by atoms with Crippen molar-refractivity contribution < 1.29 is 43.2 Å². The lowest BCUT2D eigenvalue weighted by Gasteiger charge is -2.50. The van der Waals surface area contributed by atoms with Gasteiger partial charge in [0, 0.05) is 39.1 Å². The van der Waals surface area contributed by atoms with Crippen molar-refractivity contribution in [2.45, 2.75) is 29.1 Å². The van der Waals surface area contributed by atoms with Crippen molar-refractivity contribution >= 4 is 82.6 Å². The molecule has 0 aromatic carbocycles. The minimum atomic E-state index is -4.64. The van der Waals surface area contributed by atoms with Gasteiger partial charge in [-0.2, -0.15) is 0 Å². The van der Waals surface area contributed by atoms with E-state index in [0.717, 1.165) is 39.3 Å². The summed E-state index contributed by atoms with van der Waals surface area (Å²) in [6.07, 6.45) is 4.37. The van der Waals surface area contributed by atoms with Crippen LogP contribution in [0.25, 0.3) is 11.3 Å². The molecule has 3 aromatic heterocycles. The lowest BCUT2D eigenvalue weighted by atomic mass is 10.0. The summed E-state index contributed by atoms with van der Waals surface area (Å²) < 4.78 is 13.8. The van der Waals surface area contributed by atoms with Gasteiger partial charge in [-0.25, -0.2) is 19.1 Å². The topological polar surface area (TPSA) is 210 Å². The van der Waals surface area contributed by atoms with Crippen LogP contribution in [0.15, 0.2) is 55.4 Å². The minimum Gasteiger partial charge on any atom is -0.543 e. The standard InChI is InChI=1S/C24H24N7O8PS4/c1-3-8-39-28-16(14-10-42-23(25-14)29-40(36,37)38)19(32)27-17-20(33)31-18(22(34)35)15(11-41-21(17)31)44-24-26-13(9-43-24)12-4-6-30(2)7-5-12/h4-7,9-10,17,21H,3,8,11H2,1-2H3,(H4-,25,27,29,32,34,35,36,37,38)/b28-16-/t17-,21-/m1/s1. The Balaban J connectivity index is 1.31. The zero-order chi connectivity index (χ0) is 31.6. The average Bonchev–Trinajstić information content (AvgIpc) is 3.62. The van der Waals surface area contributed by atoms with Gasteiger partial charge in [0.05, 0.1) is 17.4 Å². The molecule has 232 valence electrons. The molecule has 1 fully saturated rings. The molecule has 3 aromatic rings. The molecule has 5 rings (SSSR count). The number of carboxylic acid groups (broad SMARTS) is 1. The minimum absolute atomic E-state index is 0.0410. The molecule has 5 heterocycles. The third kappa shape index (κ3) is 7.14. The fraction of sp³-hybridized carbons (Fsp3) is 0.292. The van der Waals surface area contributed by atoms with E-state index in [1.807, 2.05) is 53.5 Å². The largest absolute Gasteiger partial charge is 0.543 e. The van der Waals surface area contributed by atoms with Crippen LogP contribution in [-0.2, 0) is 30.8 Å². The number of pyridine rings is 1. The van der Waals surface area contributed by atoms with E-state index < -0.39 is 36.9 Å². The van der Waals surface area contributed by atoms with Gasteiger partial charge >= 0.3 is 7.75 Å². The molecule has 4 N–H and O–H groups in total. The molecule has 2 atom stereocenters. The number of carboxylic acids is 1. The first-order chi connectivity index (χ1) is 20.9.